The number of benzene rings is 1. The van der Waals surface area contributed by atoms with Crippen LogP contribution in [0.1, 0.15) is 38.2 Å². The van der Waals surface area contributed by atoms with Crippen LogP contribution in [0, 0.1) is 0 Å². The summed E-state index contributed by atoms with van der Waals surface area (Å²) in [5.74, 6) is 0.792. The van der Waals surface area contributed by atoms with Crippen LogP contribution in [0.3, 0.4) is 0 Å². The first kappa shape index (κ1) is 16.1. The Labute approximate surface area is 139 Å². The highest BCUT2D eigenvalue weighted by atomic mass is 35.5. The summed E-state index contributed by atoms with van der Waals surface area (Å²) >= 11 is 6.29. The van der Waals surface area contributed by atoms with Crippen LogP contribution in [0.15, 0.2) is 18.2 Å². The molecule has 1 atom stereocenters. The lowest BCUT2D eigenvalue weighted by Crippen LogP contribution is -2.40. The van der Waals surface area contributed by atoms with Crippen molar-refractivity contribution >= 4 is 11.6 Å². The number of hydrogen-bond donors (Lipinski definition) is 0. The molecule has 0 unspecified atom stereocenters. The molecule has 1 aromatic rings. The molecule has 0 spiro atoms. The molecule has 2 aliphatic heterocycles. The molecule has 0 amide bonds. The second kappa shape index (κ2) is 7.67. The third kappa shape index (κ3) is 3.95. The van der Waals surface area contributed by atoms with Gasteiger partial charge in [-0.15, -0.1) is 0 Å². The minimum absolute atomic E-state index is 0.655. The predicted octanol–water partition coefficient (Wildman–Crippen LogP) is 3.80. The van der Waals surface area contributed by atoms with Gasteiger partial charge in [-0.05, 0) is 57.0 Å². The Balaban J connectivity index is 1.54. The Morgan fingerprint density at radius 3 is 2.73 bits per heavy atom. The maximum absolute atomic E-state index is 6.29. The molecular weight excluding hydrogens is 296 g/mol. The highest BCUT2D eigenvalue weighted by Gasteiger charge is 2.28. The summed E-state index contributed by atoms with van der Waals surface area (Å²) in [7, 11) is 0. The molecule has 0 aliphatic carbocycles. The Morgan fingerprint density at radius 2 is 2.00 bits per heavy atom. The molecule has 2 saturated heterocycles. The van der Waals surface area contributed by atoms with Gasteiger partial charge in [0.05, 0.1) is 11.6 Å². The number of ether oxygens (including phenoxy) is 1. The van der Waals surface area contributed by atoms with Crippen molar-refractivity contribution in [1.82, 2.24) is 9.80 Å². The van der Waals surface area contributed by atoms with E-state index in [1.54, 1.807) is 0 Å². The molecule has 2 fully saturated rings. The van der Waals surface area contributed by atoms with Crippen molar-refractivity contribution in [3.8, 4) is 5.75 Å². The lowest BCUT2D eigenvalue weighted by atomic mass is 10.1. The molecule has 0 saturated carbocycles. The summed E-state index contributed by atoms with van der Waals surface area (Å²) in [5.41, 5.74) is 1.28. The van der Waals surface area contributed by atoms with Crippen LogP contribution in [0.25, 0.3) is 0 Å². The zero-order chi connectivity index (χ0) is 15.4. The molecule has 1 aromatic carbocycles. The number of piperidine rings is 1. The number of rotatable bonds is 5. The van der Waals surface area contributed by atoms with Gasteiger partial charge in [0.1, 0.15) is 5.75 Å². The van der Waals surface area contributed by atoms with Crippen LogP contribution in [0.2, 0.25) is 5.02 Å². The molecule has 22 heavy (non-hydrogen) atoms. The normalized spacial score (nSPS) is 23.8. The zero-order valence-electron chi connectivity index (χ0n) is 13.6. The summed E-state index contributed by atoms with van der Waals surface area (Å²) in [6.45, 7) is 8.63. The fourth-order valence-electron chi connectivity index (χ4n) is 3.71. The molecule has 0 bridgehead atoms. The summed E-state index contributed by atoms with van der Waals surface area (Å²) < 4.78 is 5.51. The number of hydrogen-bond acceptors (Lipinski definition) is 3. The quantitative estimate of drug-likeness (QED) is 0.820. The van der Waals surface area contributed by atoms with Crippen molar-refractivity contribution in [3.05, 3.63) is 28.8 Å². The second-order valence-electron chi connectivity index (χ2n) is 6.47. The van der Waals surface area contributed by atoms with Crippen LogP contribution in [0.4, 0.5) is 0 Å². The molecule has 0 radical (unpaired) electrons. The topological polar surface area (TPSA) is 15.7 Å². The highest BCUT2D eigenvalue weighted by Crippen LogP contribution is 2.27. The molecule has 2 heterocycles. The standard InChI is InChI=1S/C18H27ClN2O/c1-2-22-18-7-6-15(12-17(18)19)13-20-11-8-16(14-20)21-9-4-3-5-10-21/h6-7,12,16H,2-5,8-11,13-14H2,1H3/t16-/m1/s1. The van der Waals surface area contributed by atoms with Crippen molar-refractivity contribution in [2.75, 3.05) is 32.8 Å². The van der Waals surface area contributed by atoms with E-state index in [1.165, 1.54) is 57.4 Å². The minimum Gasteiger partial charge on any atom is -0.492 e. The molecule has 4 heteroatoms. The summed E-state index contributed by atoms with van der Waals surface area (Å²) in [4.78, 5) is 5.26. The third-order valence-corrected chi connectivity index (χ3v) is 5.15. The zero-order valence-corrected chi connectivity index (χ0v) is 14.3. The van der Waals surface area contributed by atoms with Crippen LogP contribution >= 0.6 is 11.6 Å². The van der Waals surface area contributed by atoms with Crippen LogP contribution in [-0.2, 0) is 6.54 Å². The molecular formula is C18H27ClN2O. The maximum atomic E-state index is 6.29. The van der Waals surface area contributed by atoms with Gasteiger partial charge >= 0.3 is 0 Å². The molecule has 122 valence electrons. The summed E-state index contributed by atoms with van der Waals surface area (Å²) in [6, 6.07) is 6.96. The Morgan fingerprint density at radius 1 is 1.18 bits per heavy atom. The van der Waals surface area contributed by atoms with Gasteiger partial charge in [-0.3, -0.25) is 9.80 Å². The van der Waals surface area contributed by atoms with Gasteiger partial charge in [0, 0.05) is 25.7 Å². The average Bonchev–Trinajstić information content (AvgIpc) is 3.00. The summed E-state index contributed by atoms with van der Waals surface area (Å²) in [5, 5.41) is 0.728. The summed E-state index contributed by atoms with van der Waals surface area (Å²) in [6.07, 6.45) is 5.48. The molecule has 2 aliphatic rings. The monoisotopic (exact) mass is 322 g/mol. The average molecular weight is 323 g/mol. The van der Waals surface area contributed by atoms with E-state index in [4.69, 9.17) is 16.3 Å². The van der Waals surface area contributed by atoms with Gasteiger partial charge in [-0.25, -0.2) is 0 Å². The number of halogens is 1. The van der Waals surface area contributed by atoms with Crippen LogP contribution in [-0.4, -0.2) is 48.6 Å². The first-order valence-electron chi connectivity index (χ1n) is 8.64. The van der Waals surface area contributed by atoms with E-state index < -0.39 is 0 Å². The van der Waals surface area contributed by atoms with E-state index in [0.717, 1.165) is 23.4 Å². The van der Waals surface area contributed by atoms with Gasteiger partial charge < -0.3 is 4.74 Å². The van der Waals surface area contributed by atoms with Gasteiger partial charge in [-0.1, -0.05) is 24.1 Å². The Hall–Kier alpha value is -0.770. The molecule has 3 rings (SSSR count). The smallest absolute Gasteiger partial charge is 0.137 e. The molecule has 0 aromatic heterocycles. The first-order valence-corrected chi connectivity index (χ1v) is 9.01. The minimum atomic E-state index is 0.655. The van der Waals surface area contributed by atoms with Crippen LogP contribution < -0.4 is 4.74 Å². The van der Waals surface area contributed by atoms with Gasteiger partial charge in [0.15, 0.2) is 0 Å². The SMILES string of the molecule is CCOc1ccc(CN2CC[C@@H](N3CCCCC3)C2)cc1Cl. The highest BCUT2D eigenvalue weighted by molar-refractivity contribution is 6.32. The van der Waals surface area contributed by atoms with Crippen molar-refractivity contribution in [3.63, 3.8) is 0 Å². The van der Waals surface area contributed by atoms with E-state index in [9.17, 15) is 0 Å². The van der Waals surface area contributed by atoms with Gasteiger partial charge in [0.2, 0.25) is 0 Å². The second-order valence-corrected chi connectivity index (χ2v) is 6.88. The molecule has 3 nitrogen and oxygen atoms in total. The molecule has 0 N–H and O–H groups in total. The fourth-order valence-corrected chi connectivity index (χ4v) is 3.97. The maximum Gasteiger partial charge on any atom is 0.137 e. The Bertz CT molecular complexity index is 488. The Kier molecular flexibility index (Phi) is 5.61. The van der Waals surface area contributed by atoms with E-state index in [2.05, 4.69) is 21.9 Å². The van der Waals surface area contributed by atoms with Crippen LogP contribution in [0.5, 0.6) is 5.75 Å². The lowest BCUT2D eigenvalue weighted by Gasteiger charge is -2.32. The number of nitrogens with zero attached hydrogens (tertiary/aromatic N) is 2. The van der Waals surface area contributed by atoms with Crippen molar-refractivity contribution in [1.29, 1.82) is 0 Å². The van der Waals surface area contributed by atoms with Crippen molar-refractivity contribution in [2.45, 2.75) is 45.2 Å². The van der Waals surface area contributed by atoms with Crippen molar-refractivity contribution < 1.29 is 4.74 Å². The third-order valence-electron chi connectivity index (χ3n) is 4.86. The predicted molar refractivity (Wildman–Crippen MR) is 91.7 cm³/mol. The number of likely N-dealkylation sites (tertiary alicyclic amines) is 2. The first-order chi connectivity index (χ1) is 10.8. The van der Waals surface area contributed by atoms with E-state index in [0.29, 0.717) is 6.61 Å². The van der Waals surface area contributed by atoms with E-state index in [1.807, 2.05) is 13.0 Å². The van der Waals surface area contributed by atoms with E-state index >= 15 is 0 Å². The van der Waals surface area contributed by atoms with Crippen molar-refractivity contribution in [2.24, 2.45) is 0 Å². The lowest BCUT2D eigenvalue weighted by molar-refractivity contribution is 0.161. The fraction of sp³-hybridized carbons (Fsp3) is 0.667. The largest absolute Gasteiger partial charge is 0.492 e. The van der Waals surface area contributed by atoms with E-state index in [-0.39, 0.29) is 0 Å². The van der Waals surface area contributed by atoms with Gasteiger partial charge in [0.25, 0.3) is 0 Å². The van der Waals surface area contributed by atoms with Gasteiger partial charge in [-0.2, -0.15) is 0 Å².